The van der Waals surface area contributed by atoms with Gasteiger partial charge in [0.25, 0.3) is 0 Å². The van der Waals surface area contributed by atoms with Crippen molar-refractivity contribution in [2.45, 2.75) is 32.7 Å². The zero-order valence-electron chi connectivity index (χ0n) is 11.8. The molecule has 1 aromatic carbocycles. The average Bonchev–Trinajstić information content (AvgIpc) is 2.37. The number of halogens is 1. The fourth-order valence-corrected chi connectivity index (χ4v) is 2.12. The summed E-state index contributed by atoms with van der Waals surface area (Å²) < 4.78 is 0. The normalized spacial score (nSPS) is 11.8. The summed E-state index contributed by atoms with van der Waals surface area (Å²) in [6.07, 6.45) is 1.67. The third-order valence-electron chi connectivity index (χ3n) is 3.26. The van der Waals surface area contributed by atoms with Crippen LogP contribution in [0.25, 0.3) is 0 Å². The first kappa shape index (κ1) is 18.0. The lowest BCUT2D eigenvalue weighted by atomic mass is 10.0. The van der Waals surface area contributed by atoms with Gasteiger partial charge in [-0.3, -0.25) is 0 Å². The van der Waals surface area contributed by atoms with Gasteiger partial charge in [0.15, 0.2) is 0 Å². The molecule has 0 aliphatic rings. The van der Waals surface area contributed by atoms with Gasteiger partial charge in [-0.25, -0.2) is 0 Å². The minimum atomic E-state index is -0.140. The van der Waals surface area contributed by atoms with Crippen LogP contribution in [0.15, 0.2) is 18.2 Å². The van der Waals surface area contributed by atoms with Crippen molar-refractivity contribution < 1.29 is 5.11 Å². The minimum Gasteiger partial charge on any atom is -0.508 e. The molecule has 1 aromatic rings. The Balaban J connectivity index is 0.00000324. The molecule has 0 aliphatic heterocycles. The number of hydrogen-bond acceptors (Lipinski definition) is 4. The molecule has 0 spiro atoms. The summed E-state index contributed by atoms with van der Waals surface area (Å²) in [4.78, 5) is 2.19. The average molecular weight is 288 g/mol. The van der Waals surface area contributed by atoms with Crippen molar-refractivity contribution in [3.63, 3.8) is 0 Å². The highest BCUT2D eigenvalue weighted by molar-refractivity contribution is 5.85. The topological polar surface area (TPSA) is 75.5 Å². The maximum Gasteiger partial charge on any atom is 0.122 e. The molecule has 4 nitrogen and oxygen atoms in total. The van der Waals surface area contributed by atoms with E-state index in [1.165, 1.54) is 0 Å². The molecule has 1 rings (SSSR count). The Hall–Kier alpha value is -0.970. The summed E-state index contributed by atoms with van der Waals surface area (Å²) in [5.74, 6) is 0.281. The number of benzene rings is 1. The Kier molecular flexibility index (Phi) is 8.56. The molecule has 0 saturated heterocycles. The first-order valence-corrected chi connectivity index (χ1v) is 6.67. The van der Waals surface area contributed by atoms with Gasteiger partial charge in [-0.15, -0.1) is 12.4 Å². The lowest BCUT2D eigenvalue weighted by Gasteiger charge is -2.22. The monoisotopic (exact) mass is 287 g/mol. The second kappa shape index (κ2) is 9.02. The van der Waals surface area contributed by atoms with Crippen molar-refractivity contribution in [2.75, 3.05) is 24.5 Å². The van der Waals surface area contributed by atoms with E-state index in [2.05, 4.69) is 18.7 Å². The summed E-state index contributed by atoms with van der Waals surface area (Å²) in [7, 11) is 0. The Labute approximate surface area is 122 Å². The molecule has 1 atom stereocenters. The van der Waals surface area contributed by atoms with Crippen LogP contribution < -0.4 is 16.4 Å². The van der Waals surface area contributed by atoms with Crippen LogP contribution in [0.1, 0.15) is 38.3 Å². The van der Waals surface area contributed by atoms with Gasteiger partial charge >= 0.3 is 0 Å². The van der Waals surface area contributed by atoms with E-state index in [4.69, 9.17) is 11.5 Å². The summed E-state index contributed by atoms with van der Waals surface area (Å²) in [5.41, 5.74) is 13.4. The number of aromatic hydroxyl groups is 1. The number of nitrogens with two attached hydrogens (primary N) is 2. The third-order valence-corrected chi connectivity index (χ3v) is 3.26. The highest BCUT2D eigenvalue weighted by atomic mass is 35.5. The number of anilines is 1. The van der Waals surface area contributed by atoms with Crippen LogP contribution in [0.5, 0.6) is 5.75 Å². The lowest BCUT2D eigenvalue weighted by Crippen LogP contribution is -2.22. The van der Waals surface area contributed by atoms with Crippen molar-refractivity contribution in [2.24, 2.45) is 11.5 Å². The van der Waals surface area contributed by atoms with Crippen LogP contribution >= 0.6 is 12.4 Å². The number of rotatable bonds is 7. The zero-order valence-corrected chi connectivity index (χ0v) is 12.6. The van der Waals surface area contributed by atoms with E-state index >= 15 is 0 Å². The first-order chi connectivity index (χ1) is 8.63. The summed E-state index contributed by atoms with van der Waals surface area (Å²) in [5, 5.41) is 10.1. The van der Waals surface area contributed by atoms with E-state index in [0.29, 0.717) is 6.54 Å². The van der Waals surface area contributed by atoms with Crippen LogP contribution in [0.2, 0.25) is 0 Å². The van der Waals surface area contributed by atoms with E-state index < -0.39 is 0 Å². The number of phenolic OH excluding ortho intramolecular Hbond substituents is 1. The first-order valence-electron chi connectivity index (χ1n) is 6.67. The smallest absolute Gasteiger partial charge is 0.122 e. The highest BCUT2D eigenvalue weighted by Crippen LogP contribution is 2.29. The Bertz CT molecular complexity index is 370. The molecule has 110 valence electrons. The Morgan fingerprint density at radius 1 is 1.26 bits per heavy atom. The largest absolute Gasteiger partial charge is 0.508 e. The van der Waals surface area contributed by atoms with Crippen LogP contribution in [0.3, 0.4) is 0 Å². The van der Waals surface area contributed by atoms with Crippen molar-refractivity contribution in [3.05, 3.63) is 23.8 Å². The maximum atomic E-state index is 10.1. The van der Waals surface area contributed by atoms with Gasteiger partial charge in [0.2, 0.25) is 0 Å². The molecule has 5 N–H and O–H groups in total. The van der Waals surface area contributed by atoms with Crippen molar-refractivity contribution >= 4 is 18.1 Å². The fourth-order valence-electron chi connectivity index (χ4n) is 2.12. The standard InChI is InChI=1S/C14H25N3O.ClH/c1-3-17(4-2)11-7-8-12(14(18)10-11)13(16)6-5-9-15;/h7-8,10,13,18H,3-6,9,15-16H2,1-2H3;1H/t13-;/m1./s1. The summed E-state index contributed by atoms with van der Waals surface area (Å²) in [6, 6.07) is 5.60. The molecule has 19 heavy (non-hydrogen) atoms. The molecule has 0 saturated carbocycles. The van der Waals surface area contributed by atoms with Gasteiger partial charge < -0.3 is 21.5 Å². The van der Waals surface area contributed by atoms with Crippen LogP contribution in [-0.4, -0.2) is 24.7 Å². The number of nitrogens with zero attached hydrogens (tertiary/aromatic N) is 1. The van der Waals surface area contributed by atoms with Crippen LogP contribution in [0.4, 0.5) is 5.69 Å². The van der Waals surface area contributed by atoms with E-state index in [9.17, 15) is 5.11 Å². The molecule has 0 aliphatic carbocycles. The van der Waals surface area contributed by atoms with E-state index in [1.54, 1.807) is 6.07 Å². The molecule has 0 fully saturated rings. The second-order valence-corrected chi connectivity index (χ2v) is 4.45. The minimum absolute atomic E-state index is 0. The molecular weight excluding hydrogens is 262 g/mol. The van der Waals surface area contributed by atoms with Crippen molar-refractivity contribution in [1.82, 2.24) is 0 Å². The summed E-state index contributed by atoms with van der Waals surface area (Å²) in [6.45, 7) is 6.68. The van der Waals surface area contributed by atoms with Gasteiger partial charge in [0.05, 0.1) is 0 Å². The molecular formula is C14H26ClN3O. The van der Waals surface area contributed by atoms with Gasteiger partial charge in [-0.2, -0.15) is 0 Å². The van der Waals surface area contributed by atoms with Crippen LogP contribution in [-0.2, 0) is 0 Å². The van der Waals surface area contributed by atoms with E-state index in [0.717, 1.165) is 37.2 Å². The van der Waals surface area contributed by atoms with Gasteiger partial charge in [-0.1, -0.05) is 6.07 Å². The van der Waals surface area contributed by atoms with E-state index in [1.807, 2.05) is 12.1 Å². The van der Waals surface area contributed by atoms with Crippen LogP contribution in [0, 0.1) is 0 Å². The molecule has 0 bridgehead atoms. The molecule has 5 heteroatoms. The number of phenols is 1. The quantitative estimate of drug-likeness (QED) is 0.720. The molecule has 0 radical (unpaired) electrons. The molecule has 0 aromatic heterocycles. The molecule has 0 unspecified atom stereocenters. The fraction of sp³-hybridized carbons (Fsp3) is 0.571. The maximum absolute atomic E-state index is 10.1. The predicted octanol–water partition coefficient (Wildman–Crippen LogP) is 2.40. The van der Waals surface area contributed by atoms with Gasteiger partial charge in [0, 0.05) is 36.4 Å². The SMILES string of the molecule is CCN(CC)c1ccc([C@H](N)CCCN)c(O)c1.Cl. The zero-order chi connectivity index (χ0) is 13.5. The molecule has 0 heterocycles. The van der Waals surface area contributed by atoms with E-state index in [-0.39, 0.29) is 24.2 Å². The predicted molar refractivity (Wildman–Crippen MR) is 84.1 cm³/mol. The Morgan fingerprint density at radius 3 is 2.37 bits per heavy atom. The van der Waals surface area contributed by atoms with Gasteiger partial charge in [-0.05, 0) is 39.3 Å². The molecule has 0 amide bonds. The Morgan fingerprint density at radius 2 is 1.89 bits per heavy atom. The lowest BCUT2D eigenvalue weighted by molar-refractivity contribution is 0.457. The number of hydrogen-bond donors (Lipinski definition) is 3. The summed E-state index contributed by atoms with van der Waals surface area (Å²) >= 11 is 0. The highest BCUT2D eigenvalue weighted by Gasteiger charge is 2.12. The third kappa shape index (κ3) is 4.90. The van der Waals surface area contributed by atoms with Crippen molar-refractivity contribution in [1.29, 1.82) is 0 Å². The van der Waals surface area contributed by atoms with Gasteiger partial charge in [0.1, 0.15) is 5.75 Å². The van der Waals surface area contributed by atoms with Crippen molar-refractivity contribution in [3.8, 4) is 5.75 Å². The second-order valence-electron chi connectivity index (χ2n) is 4.45.